The molecule has 172 valence electrons. The van der Waals surface area contributed by atoms with Gasteiger partial charge in [-0.15, -0.1) is 0 Å². The standard InChI is InChI=1S/2C13H23NO/c1-5-11(4)13(15)14-8-6-7-12(9-14)10(2)3;1-5-11(4)13(15)14-8-6-7-12(14)9-10(2)3/h2*5,10,12H,6-9H2,1-4H3. The molecule has 0 N–H and O–H groups in total. The molecule has 30 heavy (non-hydrogen) atoms. The number of nitrogens with zero attached hydrogens (tertiary/aromatic N) is 2. The Morgan fingerprint density at radius 1 is 0.900 bits per heavy atom. The molecule has 2 unspecified atom stereocenters. The first-order valence-electron chi connectivity index (χ1n) is 12.0. The lowest BCUT2D eigenvalue weighted by Gasteiger charge is -2.35. The smallest absolute Gasteiger partial charge is 0.249 e. The third-order valence-corrected chi connectivity index (χ3v) is 6.61. The Bertz CT molecular complexity index is 619. The van der Waals surface area contributed by atoms with Crippen LogP contribution in [-0.4, -0.2) is 47.3 Å². The third kappa shape index (κ3) is 7.92. The molecule has 2 aliphatic rings. The topological polar surface area (TPSA) is 40.6 Å². The van der Waals surface area contributed by atoms with Crippen molar-refractivity contribution in [2.45, 2.75) is 93.5 Å². The first kappa shape index (κ1) is 26.5. The van der Waals surface area contributed by atoms with Gasteiger partial charge in [-0.05, 0) is 77.6 Å². The van der Waals surface area contributed by atoms with Crippen LogP contribution in [0.4, 0.5) is 0 Å². The zero-order valence-electron chi connectivity index (χ0n) is 20.8. The van der Waals surface area contributed by atoms with Gasteiger partial charge in [0, 0.05) is 36.8 Å². The molecular weight excluding hydrogens is 372 g/mol. The van der Waals surface area contributed by atoms with Gasteiger partial charge >= 0.3 is 0 Å². The molecule has 2 amide bonds. The Morgan fingerprint density at radius 2 is 1.47 bits per heavy atom. The summed E-state index contributed by atoms with van der Waals surface area (Å²) in [5.41, 5.74) is 1.75. The predicted octanol–water partition coefficient (Wildman–Crippen LogP) is 5.84. The average molecular weight is 419 g/mol. The molecule has 2 aliphatic heterocycles. The molecule has 4 nitrogen and oxygen atoms in total. The van der Waals surface area contributed by atoms with Crippen LogP contribution in [0.3, 0.4) is 0 Å². The Hall–Kier alpha value is -1.58. The number of hydrogen-bond donors (Lipinski definition) is 0. The van der Waals surface area contributed by atoms with Crippen LogP contribution in [0.2, 0.25) is 0 Å². The van der Waals surface area contributed by atoms with Crippen LogP contribution < -0.4 is 0 Å². The van der Waals surface area contributed by atoms with Gasteiger partial charge in [0.15, 0.2) is 0 Å². The van der Waals surface area contributed by atoms with Gasteiger partial charge in [-0.25, -0.2) is 0 Å². The van der Waals surface area contributed by atoms with Crippen molar-refractivity contribution in [2.75, 3.05) is 19.6 Å². The molecule has 4 heteroatoms. The number of likely N-dealkylation sites (tertiary alicyclic amines) is 2. The van der Waals surface area contributed by atoms with Crippen molar-refractivity contribution in [2.24, 2.45) is 17.8 Å². The molecule has 2 rings (SSSR count). The Kier molecular flexibility index (Phi) is 11.4. The highest BCUT2D eigenvalue weighted by atomic mass is 16.2. The van der Waals surface area contributed by atoms with Gasteiger partial charge in [-0.1, -0.05) is 39.8 Å². The predicted molar refractivity (Wildman–Crippen MR) is 127 cm³/mol. The number of amides is 2. The van der Waals surface area contributed by atoms with Crippen molar-refractivity contribution in [1.82, 2.24) is 9.80 Å². The molecule has 0 bridgehead atoms. The van der Waals surface area contributed by atoms with Crippen molar-refractivity contribution in [1.29, 1.82) is 0 Å². The van der Waals surface area contributed by atoms with E-state index in [-0.39, 0.29) is 11.8 Å². The zero-order chi connectivity index (χ0) is 22.8. The van der Waals surface area contributed by atoms with E-state index in [1.165, 1.54) is 19.3 Å². The summed E-state index contributed by atoms with van der Waals surface area (Å²) < 4.78 is 0. The van der Waals surface area contributed by atoms with Gasteiger partial charge in [-0.2, -0.15) is 0 Å². The quantitative estimate of drug-likeness (QED) is 0.526. The van der Waals surface area contributed by atoms with E-state index >= 15 is 0 Å². The summed E-state index contributed by atoms with van der Waals surface area (Å²) in [4.78, 5) is 28.1. The van der Waals surface area contributed by atoms with Crippen LogP contribution in [-0.2, 0) is 9.59 Å². The molecule has 0 aliphatic carbocycles. The summed E-state index contributed by atoms with van der Waals surface area (Å²) >= 11 is 0. The second-order valence-corrected chi connectivity index (χ2v) is 9.77. The van der Waals surface area contributed by atoms with Crippen molar-refractivity contribution >= 4 is 11.8 Å². The molecule has 0 spiro atoms. The fraction of sp³-hybridized carbons (Fsp3) is 0.769. The maximum atomic E-state index is 12.0. The van der Waals surface area contributed by atoms with E-state index in [0.717, 1.165) is 43.6 Å². The van der Waals surface area contributed by atoms with Crippen molar-refractivity contribution < 1.29 is 9.59 Å². The van der Waals surface area contributed by atoms with Gasteiger partial charge in [0.2, 0.25) is 11.8 Å². The highest BCUT2D eigenvalue weighted by Gasteiger charge is 2.29. The van der Waals surface area contributed by atoms with E-state index in [2.05, 4.69) is 32.6 Å². The number of hydrogen-bond acceptors (Lipinski definition) is 2. The second kappa shape index (κ2) is 13.0. The first-order valence-corrected chi connectivity index (χ1v) is 12.0. The fourth-order valence-electron chi connectivity index (χ4n) is 4.35. The van der Waals surface area contributed by atoms with Crippen molar-refractivity contribution in [3.8, 4) is 0 Å². The minimum Gasteiger partial charge on any atom is -0.339 e. The normalized spacial score (nSPS) is 23.0. The third-order valence-electron chi connectivity index (χ3n) is 6.61. The minimum absolute atomic E-state index is 0.225. The van der Waals surface area contributed by atoms with Gasteiger partial charge in [0.25, 0.3) is 0 Å². The van der Waals surface area contributed by atoms with E-state index in [9.17, 15) is 9.59 Å². The van der Waals surface area contributed by atoms with E-state index in [4.69, 9.17) is 0 Å². The lowest BCUT2D eigenvalue weighted by atomic mass is 9.87. The van der Waals surface area contributed by atoms with E-state index in [1.807, 2.05) is 44.7 Å². The fourth-order valence-corrected chi connectivity index (χ4v) is 4.35. The maximum absolute atomic E-state index is 12.0. The minimum atomic E-state index is 0.225. The summed E-state index contributed by atoms with van der Waals surface area (Å²) in [7, 11) is 0. The SMILES string of the molecule is CC=C(C)C(=O)N1CCCC(C(C)C)C1.CC=C(C)C(=O)N1CCCC1CC(C)C. The maximum Gasteiger partial charge on any atom is 0.249 e. The lowest BCUT2D eigenvalue weighted by molar-refractivity contribution is -0.129. The summed E-state index contributed by atoms with van der Waals surface area (Å²) in [6.45, 7) is 19.5. The molecule has 0 radical (unpaired) electrons. The molecular formula is C26H46N2O2. The lowest BCUT2D eigenvalue weighted by Crippen LogP contribution is -2.41. The molecule has 2 heterocycles. The van der Waals surface area contributed by atoms with Crippen LogP contribution in [0.1, 0.15) is 87.5 Å². The van der Waals surface area contributed by atoms with Crippen molar-refractivity contribution in [3.05, 3.63) is 23.3 Å². The summed E-state index contributed by atoms with van der Waals surface area (Å²) in [6, 6.07) is 0.479. The molecule has 0 aromatic carbocycles. The highest BCUT2D eigenvalue weighted by Crippen LogP contribution is 2.25. The monoisotopic (exact) mass is 418 g/mol. The van der Waals surface area contributed by atoms with E-state index in [0.29, 0.717) is 23.8 Å². The van der Waals surface area contributed by atoms with Crippen LogP contribution in [0.25, 0.3) is 0 Å². The zero-order valence-corrected chi connectivity index (χ0v) is 20.8. The molecule has 2 atom stereocenters. The Labute approximate surface area is 185 Å². The average Bonchev–Trinajstić information content (AvgIpc) is 3.19. The number of rotatable bonds is 5. The molecule has 2 saturated heterocycles. The molecule has 0 aromatic heterocycles. The molecule has 2 fully saturated rings. The number of carbonyl (C=O) groups excluding carboxylic acids is 2. The van der Waals surface area contributed by atoms with Crippen LogP contribution >= 0.6 is 0 Å². The van der Waals surface area contributed by atoms with E-state index in [1.54, 1.807) is 0 Å². The summed E-state index contributed by atoms with van der Waals surface area (Å²) in [5.74, 6) is 2.51. The van der Waals surface area contributed by atoms with Crippen LogP contribution in [0, 0.1) is 17.8 Å². The van der Waals surface area contributed by atoms with Crippen LogP contribution in [0.5, 0.6) is 0 Å². The van der Waals surface area contributed by atoms with Gasteiger partial charge < -0.3 is 9.80 Å². The van der Waals surface area contributed by atoms with Crippen molar-refractivity contribution in [3.63, 3.8) is 0 Å². The Morgan fingerprint density at radius 3 is 2.00 bits per heavy atom. The van der Waals surface area contributed by atoms with Gasteiger partial charge in [0.05, 0.1) is 0 Å². The number of carbonyl (C=O) groups is 2. The van der Waals surface area contributed by atoms with Gasteiger partial charge in [-0.3, -0.25) is 9.59 Å². The van der Waals surface area contributed by atoms with E-state index < -0.39 is 0 Å². The molecule has 0 aromatic rings. The first-order chi connectivity index (χ1) is 14.1. The number of allylic oxidation sites excluding steroid dienone is 2. The summed E-state index contributed by atoms with van der Waals surface area (Å²) in [6.07, 6.45) is 9.74. The number of piperidine rings is 1. The van der Waals surface area contributed by atoms with Gasteiger partial charge in [0.1, 0.15) is 0 Å². The molecule has 0 saturated carbocycles. The largest absolute Gasteiger partial charge is 0.339 e. The highest BCUT2D eigenvalue weighted by molar-refractivity contribution is 5.93. The van der Waals surface area contributed by atoms with Crippen LogP contribution in [0.15, 0.2) is 23.3 Å². The Balaban J connectivity index is 0.000000300. The second-order valence-electron chi connectivity index (χ2n) is 9.77. The summed E-state index contributed by atoms with van der Waals surface area (Å²) in [5, 5.41) is 0.